The molecule has 0 aliphatic heterocycles. The Hall–Kier alpha value is -2.66. The van der Waals surface area contributed by atoms with E-state index in [1.54, 1.807) is 16.8 Å². The Morgan fingerprint density at radius 3 is 2.77 bits per heavy atom. The van der Waals surface area contributed by atoms with E-state index in [9.17, 15) is 0 Å². The Morgan fingerprint density at radius 1 is 1.05 bits per heavy atom. The normalized spacial score (nSPS) is 11.1. The molecular formula is C17H13N3OS. The molecule has 4 rings (SSSR count). The molecule has 4 nitrogen and oxygen atoms in total. The van der Waals surface area contributed by atoms with E-state index in [1.807, 2.05) is 48.5 Å². The van der Waals surface area contributed by atoms with Gasteiger partial charge in [-0.1, -0.05) is 36.4 Å². The number of rotatable bonds is 3. The lowest BCUT2D eigenvalue weighted by molar-refractivity contribution is 0.310. The third-order valence-corrected chi connectivity index (χ3v) is 4.36. The topological polar surface area (TPSA) is 61.0 Å². The van der Waals surface area contributed by atoms with Crippen LogP contribution in [0, 0.1) is 0 Å². The highest BCUT2D eigenvalue weighted by molar-refractivity contribution is 7.17. The number of ether oxygens (including phenoxy) is 1. The molecule has 0 saturated carbocycles. The third kappa shape index (κ3) is 2.16. The first-order chi connectivity index (χ1) is 10.8. The number of hydrogen-bond donors (Lipinski definition) is 1. The lowest BCUT2D eigenvalue weighted by atomic mass is 10.2. The molecule has 2 N–H and O–H groups in total. The second-order valence-electron chi connectivity index (χ2n) is 4.95. The zero-order valence-corrected chi connectivity index (χ0v) is 12.5. The van der Waals surface area contributed by atoms with Crippen LogP contribution >= 0.6 is 11.3 Å². The van der Waals surface area contributed by atoms with Crippen LogP contribution in [0.15, 0.2) is 54.0 Å². The molecule has 0 bridgehead atoms. The van der Waals surface area contributed by atoms with E-state index in [0.717, 1.165) is 32.4 Å². The van der Waals surface area contributed by atoms with Gasteiger partial charge in [-0.3, -0.25) is 0 Å². The third-order valence-electron chi connectivity index (χ3n) is 3.52. The average molecular weight is 307 g/mol. The van der Waals surface area contributed by atoms with Crippen molar-refractivity contribution in [1.29, 1.82) is 0 Å². The summed E-state index contributed by atoms with van der Waals surface area (Å²) in [4.78, 5) is 8.74. The predicted molar refractivity (Wildman–Crippen MR) is 90.1 cm³/mol. The van der Waals surface area contributed by atoms with E-state index in [-0.39, 0.29) is 0 Å². The van der Waals surface area contributed by atoms with Gasteiger partial charge in [-0.25, -0.2) is 9.97 Å². The molecule has 2 heterocycles. The van der Waals surface area contributed by atoms with Gasteiger partial charge in [0.1, 0.15) is 17.9 Å². The fraction of sp³-hybridized carbons (Fsp3) is 0.0588. The molecule has 2 aromatic heterocycles. The quantitative estimate of drug-likeness (QED) is 0.621. The van der Waals surface area contributed by atoms with Crippen LogP contribution in [0.25, 0.3) is 21.1 Å². The minimum Gasteiger partial charge on any atom is -0.488 e. The highest BCUT2D eigenvalue weighted by atomic mass is 32.1. The Balaban J connectivity index is 1.82. The zero-order valence-electron chi connectivity index (χ0n) is 11.7. The van der Waals surface area contributed by atoms with Crippen LogP contribution in [-0.4, -0.2) is 9.97 Å². The van der Waals surface area contributed by atoms with Gasteiger partial charge in [0.05, 0.1) is 21.1 Å². The van der Waals surface area contributed by atoms with Crippen LogP contribution in [-0.2, 0) is 6.61 Å². The molecule has 2 aromatic carbocycles. The standard InChI is InChI=1S/C17H13N3OS/c18-17-15-16(22-10-19-15)14-12(20-17)7-4-8-13(14)21-9-11-5-2-1-3-6-11/h1-8,10H,9H2,(H2,18,20). The van der Waals surface area contributed by atoms with Crippen molar-refractivity contribution in [3.63, 3.8) is 0 Å². The molecular weight excluding hydrogens is 294 g/mol. The summed E-state index contributed by atoms with van der Waals surface area (Å²) in [6, 6.07) is 15.9. The maximum absolute atomic E-state index is 6.02. The van der Waals surface area contributed by atoms with Crippen LogP contribution in [0.1, 0.15) is 5.56 Å². The van der Waals surface area contributed by atoms with E-state index < -0.39 is 0 Å². The predicted octanol–water partition coefficient (Wildman–Crippen LogP) is 4.01. The number of nitrogens with zero attached hydrogens (tertiary/aromatic N) is 2. The van der Waals surface area contributed by atoms with Crippen LogP contribution in [0.3, 0.4) is 0 Å². The molecule has 0 aliphatic carbocycles. The van der Waals surface area contributed by atoms with Crippen molar-refractivity contribution in [2.45, 2.75) is 6.61 Å². The number of nitrogen functional groups attached to an aromatic ring is 1. The Labute approximate surface area is 131 Å². The number of anilines is 1. The second kappa shape index (κ2) is 5.27. The van der Waals surface area contributed by atoms with Crippen molar-refractivity contribution in [3.05, 3.63) is 59.6 Å². The van der Waals surface area contributed by atoms with Gasteiger partial charge in [-0.15, -0.1) is 11.3 Å². The van der Waals surface area contributed by atoms with Gasteiger partial charge in [-0.2, -0.15) is 0 Å². The fourth-order valence-corrected chi connectivity index (χ4v) is 3.34. The van der Waals surface area contributed by atoms with E-state index >= 15 is 0 Å². The molecule has 0 spiro atoms. The van der Waals surface area contributed by atoms with Crippen LogP contribution < -0.4 is 10.5 Å². The van der Waals surface area contributed by atoms with Crippen LogP contribution in [0.4, 0.5) is 5.82 Å². The highest BCUT2D eigenvalue weighted by Gasteiger charge is 2.13. The number of nitrogens with two attached hydrogens (primary N) is 1. The smallest absolute Gasteiger partial charge is 0.151 e. The summed E-state index contributed by atoms with van der Waals surface area (Å²) in [5.74, 6) is 1.27. The SMILES string of the molecule is Nc1nc2cccc(OCc3ccccc3)c2c2scnc12. The molecule has 0 amide bonds. The first kappa shape index (κ1) is 13.0. The Bertz CT molecular complexity index is 950. The highest BCUT2D eigenvalue weighted by Crippen LogP contribution is 2.36. The number of benzene rings is 2. The van der Waals surface area contributed by atoms with Gasteiger partial charge < -0.3 is 10.5 Å². The molecule has 0 aliphatic rings. The van der Waals surface area contributed by atoms with Gasteiger partial charge in [0.2, 0.25) is 0 Å². The number of thiazole rings is 1. The second-order valence-corrected chi connectivity index (χ2v) is 5.81. The van der Waals surface area contributed by atoms with E-state index in [2.05, 4.69) is 9.97 Å². The monoisotopic (exact) mass is 307 g/mol. The summed E-state index contributed by atoms with van der Waals surface area (Å²) in [5.41, 5.74) is 10.5. The van der Waals surface area contributed by atoms with E-state index in [0.29, 0.717) is 12.4 Å². The maximum Gasteiger partial charge on any atom is 0.151 e. The number of hydrogen-bond acceptors (Lipinski definition) is 5. The summed E-state index contributed by atoms with van der Waals surface area (Å²) in [6.45, 7) is 0.518. The van der Waals surface area contributed by atoms with Crippen molar-refractivity contribution in [1.82, 2.24) is 9.97 Å². The number of aromatic nitrogens is 2. The average Bonchev–Trinajstić information content (AvgIpc) is 3.04. The summed E-state index contributed by atoms with van der Waals surface area (Å²) in [6.07, 6.45) is 0. The molecule has 4 aromatic rings. The zero-order chi connectivity index (χ0) is 14.9. The summed E-state index contributed by atoms with van der Waals surface area (Å²) in [5, 5.41) is 0.977. The summed E-state index contributed by atoms with van der Waals surface area (Å²) in [7, 11) is 0. The van der Waals surface area contributed by atoms with Crippen molar-refractivity contribution < 1.29 is 4.74 Å². The molecule has 0 atom stereocenters. The molecule has 22 heavy (non-hydrogen) atoms. The lowest BCUT2D eigenvalue weighted by Crippen LogP contribution is -1.97. The molecule has 108 valence electrons. The number of fused-ring (bicyclic) bond motifs is 3. The van der Waals surface area contributed by atoms with Crippen molar-refractivity contribution >= 4 is 38.3 Å². The molecule has 0 saturated heterocycles. The fourth-order valence-electron chi connectivity index (χ4n) is 2.49. The molecule has 0 fully saturated rings. The maximum atomic E-state index is 6.02. The lowest BCUT2D eigenvalue weighted by Gasteiger charge is -2.10. The van der Waals surface area contributed by atoms with Gasteiger partial charge in [-0.05, 0) is 17.7 Å². The van der Waals surface area contributed by atoms with E-state index in [4.69, 9.17) is 10.5 Å². The molecule has 0 radical (unpaired) electrons. The van der Waals surface area contributed by atoms with Crippen molar-refractivity contribution in [2.75, 3.05) is 5.73 Å². The summed E-state index contributed by atoms with van der Waals surface area (Å²) < 4.78 is 7.04. The van der Waals surface area contributed by atoms with Gasteiger partial charge in [0.15, 0.2) is 5.82 Å². The first-order valence-electron chi connectivity index (χ1n) is 6.91. The minimum absolute atomic E-state index is 0.462. The van der Waals surface area contributed by atoms with Crippen molar-refractivity contribution in [3.8, 4) is 5.75 Å². The van der Waals surface area contributed by atoms with Crippen LogP contribution in [0.5, 0.6) is 5.75 Å². The van der Waals surface area contributed by atoms with Gasteiger partial charge >= 0.3 is 0 Å². The number of pyridine rings is 1. The minimum atomic E-state index is 0.462. The van der Waals surface area contributed by atoms with E-state index in [1.165, 1.54) is 0 Å². The largest absolute Gasteiger partial charge is 0.488 e. The Kier molecular flexibility index (Phi) is 3.12. The Morgan fingerprint density at radius 2 is 1.91 bits per heavy atom. The first-order valence-corrected chi connectivity index (χ1v) is 7.79. The van der Waals surface area contributed by atoms with Crippen LogP contribution in [0.2, 0.25) is 0 Å². The molecule has 5 heteroatoms. The molecule has 0 unspecified atom stereocenters. The summed E-state index contributed by atoms with van der Waals surface area (Å²) >= 11 is 1.56. The van der Waals surface area contributed by atoms with Gasteiger partial charge in [0.25, 0.3) is 0 Å². The van der Waals surface area contributed by atoms with Crippen molar-refractivity contribution in [2.24, 2.45) is 0 Å². The van der Waals surface area contributed by atoms with Gasteiger partial charge in [0, 0.05) is 0 Å².